The van der Waals surface area contributed by atoms with Gasteiger partial charge in [-0.05, 0) is 63.3 Å². The minimum atomic E-state index is -0.379. The van der Waals surface area contributed by atoms with Gasteiger partial charge in [0.1, 0.15) is 22.7 Å². The minimum absolute atomic E-state index is 0.366. The summed E-state index contributed by atoms with van der Waals surface area (Å²) in [6.45, 7) is 3.08. The topological polar surface area (TPSA) is 89.7 Å². The number of thiazole rings is 1. The van der Waals surface area contributed by atoms with Gasteiger partial charge >= 0.3 is 5.97 Å². The first-order valence-electron chi connectivity index (χ1n) is 14.0. The number of aromatic nitrogens is 2. The van der Waals surface area contributed by atoms with Crippen molar-refractivity contribution in [2.45, 2.75) is 69.6 Å². The summed E-state index contributed by atoms with van der Waals surface area (Å²) in [5.41, 5.74) is 3.81. The summed E-state index contributed by atoms with van der Waals surface area (Å²) in [5.74, 6) is 1.62. The van der Waals surface area contributed by atoms with Crippen molar-refractivity contribution >= 4 is 55.9 Å². The fourth-order valence-corrected chi connectivity index (χ4v) is 8.02. The van der Waals surface area contributed by atoms with E-state index in [0.717, 1.165) is 70.0 Å². The Labute approximate surface area is 251 Å². The largest absolute Gasteiger partial charge is 0.492 e. The zero-order chi connectivity index (χ0) is 28.2. The molecule has 2 saturated carbocycles. The van der Waals surface area contributed by atoms with Crippen LogP contribution in [0.2, 0.25) is 10.0 Å². The molecule has 1 N–H and O–H groups in total. The van der Waals surface area contributed by atoms with Crippen LogP contribution in [0.4, 0.5) is 5.13 Å². The highest BCUT2D eigenvalue weighted by atomic mass is 35.5. The summed E-state index contributed by atoms with van der Waals surface area (Å²) in [6, 6.07) is 10.3. The smallest absolute Gasteiger partial charge is 0.338 e. The molecule has 11 heteroatoms. The molecule has 8 rings (SSSR count). The van der Waals surface area contributed by atoms with Gasteiger partial charge in [-0.2, -0.15) is 0 Å². The maximum Gasteiger partial charge on any atom is 0.338 e. The molecule has 4 aliphatic rings. The Morgan fingerprint density at radius 2 is 1.93 bits per heavy atom. The lowest BCUT2D eigenvalue weighted by atomic mass is 9.77. The predicted molar refractivity (Wildman–Crippen MR) is 161 cm³/mol. The first-order chi connectivity index (χ1) is 19.9. The van der Waals surface area contributed by atoms with E-state index in [1.54, 1.807) is 17.4 Å². The summed E-state index contributed by atoms with van der Waals surface area (Å²) in [4.78, 5) is 19.6. The lowest BCUT2D eigenvalue weighted by molar-refractivity contribution is 0.0600. The van der Waals surface area contributed by atoms with E-state index in [2.05, 4.69) is 15.4 Å². The van der Waals surface area contributed by atoms with E-state index < -0.39 is 0 Å². The van der Waals surface area contributed by atoms with Crippen molar-refractivity contribution in [1.29, 1.82) is 0 Å². The molecule has 4 aromatic rings. The van der Waals surface area contributed by atoms with Gasteiger partial charge in [0.15, 0.2) is 5.13 Å². The van der Waals surface area contributed by atoms with E-state index in [4.69, 9.17) is 42.2 Å². The van der Waals surface area contributed by atoms with Crippen molar-refractivity contribution in [2.75, 3.05) is 18.6 Å². The van der Waals surface area contributed by atoms with Crippen molar-refractivity contribution in [2.24, 2.45) is 0 Å². The van der Waals surface area contributed by atoms with E-state index in [-0.39, 0.29) is 5.97 Å². The summed E-state index contributed by atoms with van der Waals surface area (Å²) in [6.07, 6.45) is 5.43. The van der Waals surface area contributed by atoms with Gasteiger partial charge in [-0.1, -0.05) is 45.8 Å². The normalized spacial score (nSPS) is 21.7. The number of fused-ring (bicyclic) bond motifs is 3. The maximum absolute atomic E-state index is 12.2. The molecule has 0 radical (unpaired) electrons. The number of piperidine rings is 1. The van der Waals surface area contributed by atoms with Crippen LogP contribution in [0.15, 0.2) is 34.9 Å². The lowest BCUT2D eigenvalue weighted by Gasteiger charge is -2.55. The monoisotopic (exact) mass is 612 g/mol. The molecule has 2 aliphatic carbocycles. The summed E-state index contributed by atoms with van der Waals surface area (Å²) in [7, 11) is 1.39. The van der Waals surface area contributed by atoms with E-state index >= 15 is 0 Å². The van der Waals surface area contributed by atoms with Gasteiger partial charge in [0.2, 0.25) is 0 Å². The first-order valence-corrected chi connectivity index (χ1v) is 15.6. The molecule has 8 nitrogen and oxygen atoms in total. The Morgan fingerprint density at radius 1 is 1.17 bits per heavy atom. The number of hydrogen-bond donors (Lipinski definition) is 1. The third kappa shape index (κ3) is 4.86. The van der Waals surface area contributed by atoms with E-state index in [1.807, 2.05) is 31.2 Å². The van der Waals surface area contributed by atoms with Crippen molar-refractivity contribution in [1.82, 2.24) is 15.5 Å². The van der Waals surface area contributed by atoms with Gasteiger partial charge in [-0.15, -0.1) is 0 Å². The molecule has 4 heterocycles. The molecule has 214 valence electrons. The van der Waals surface area contributed by atoms with Gasteiger partial charge in [-0.3, -0.25) is 0 Å². The highest BCUT2D eigenvalue weighted by molar-refractivity contribution is 7.22. The number of nitrogens with zero attached hydrogens (tertiary/aromatic N) is 3. The SMILES string of the molecule is CCOc1cc(C(=O)OC)cc2sc(N3C4CC(NCc5c(-c6c(Cl)cccc6Cl)noc5C5CC5)CC3C4)nc12. The van der Waals surface area contributed by atoms with Gasteiger partial charge < -0.3 is 24.2 Å². The second kappa shape index (κ2) is 10.8. The number of benzene rings is 2. The molecule has 0 spiro atoms. The van der Waals surface area contributed by atoms with Crippen LogP contribution in [0.1, 0.15) is 66.6 Å². The van der Waals surface area contributed by atoms with Crippen LogP contribution in [0, 0.1) is 0 Å². The molecule has 2 aromatic heterocycles. The highest BCUT2D eigenvalue weighted by Crippen LogP contribution is 2.48. The fourth-order valence-electron chi connectivity index (χ4n) is 6.28. The second-order valence-electron chi connectivity index (χ2n) is 11.0. The molecule has 41 heavy (non-hydrogen) atoms. The molecule has 4 fully saturated rings. The zero-order valence-corrected chi connectivity index (χ0v) is 25.1. The van der Waals surface area contributed by atoms with Crippen LogP contribution >= 0.6 is 34.5 Å². The fraction of sp³-hybridized carbons (Fsp3) is 0.433. The average Bonchev–Trinajstić information content (AvgIpc) is 3.59. The standard InChI is InChI=1S/C30H30Cl2N4O4S/c1-3-39-23-9-16(29(37)38-2)10-24-27(23)34-30(41-24)36-18-11-17(12-19(36)13-18)33-14-20-26(35-40-28(20)15-7-8-15)25-21(31)5-4-6-22(25)32/h4-6,9-10,15,17-19,33H,3,7-8,11-14H2,1-2H3. The predicted octanol–water partition coefficient (Wildman–Crippen LogP) is 7.22. The summed E-state index contributed by atoms with van der Waals surface area (Å²) in [5, 5.41) is 10.4. The van der Waals surface area contributed by atoms with Crippen molar-refractivity contribution in [3.05, 3.63) is 57.3 Å². The number of carbonyl (C=O) groups is 1. The van der Waals surface area contributed by atoms with Gasteiger partial charge in [0.05, 0.1) is 34.0 Å². The summed E-state index contributed by atoms with van der Waals surface area (Å²) >= 11 is 14.7. The number of carbonyl (C=O) groups excluding carboxylic acids is 1. The molecule has 2 bridgehead atoms. The van der Waals surface area contributed by atoms with Crippen molar-refractivity contribution in [3.8, 4) is 17.0 Å². The van der Waals surface area contributed by atoms with Gasteiger partial charge in [0, 0.05) is 41.7 Å². The summed E-state index contributed by atoms with van der Waals surface area (Å²) < 4.78 is 17.6. The average molecular weight is 614 g/mol. The minimum Gasteiger partial charge on any atom is -0.492 e. The van der Waals surface area contributed by atoms with Crippen LogP contribution in [0.25, 0.3) is 21.5 Å². The van der Waals surface area contributed by atoms with E-state index in [9.17, 15) is 4.79 Å². The third-order valence-corrected chi connectivity index (χ3v) is 10.0. The number of nitrogens with one attached hydrogen (secondary N) is 1. The van der Waals surface area contributed by atoms with Crippen molar-refractivity contribution < 1.29 is 18.8 Å². The second-order valence-corrected chi connectivity index (χ2v) is 12.8. The first kappa shape index (κ1) is 27.0. The maximum atomic E-state index is 12.2. The molecule has 0 amide bonds. The Morgan fingerprint density at radius 3 is 2.61 bits per heavy atom. The lowest BCUT2D eigenvalue weighted by Crippen LogP contribution is -2.64. The van der Waals surface area contributed by atoms with Crippen LogP contribution in [-0.2, 0) is 11.3 Å². The quantitative estimate of drug-likeness (QED) is 0.198. The molecular formula is C30H30Cl2N4O4S. The number of anilines is 1. The number of halogens is 2. The number of rotatable bonds is 9. The van der Waals surface area contributed by atoms with Crippen LogP contribution in [0.5, 0.6) is 5.75 Å². The number of hydrogen-bond acceptors (Lipinski definition) is 9. The highest BCUT2D eigenvalue weighted by Gasteiger charge is 2.46. The van der Waals surface area contributed by atoms with E-state index in [0.29, 0.717) is 58.6 Å². The third-order valence-electron chi connectivity index (χ3n) is 8.37. The number of esters is 1. The zero-order valence-electron chi connectivity index (χ0n) is 22.8. The number of ether oxygens (including phenoxy) is 2. The number of methoxy groups -OCH3 is 1. The Balaban J connectivity index is 1.09. The van der Waals surface area contributed by atoms with Gasteiger partial charge in [0.25, 0.3) is 0 Å². The Bertz CT molecular complexity index is 1600. The van der Waals surface area contributed by atoms with Crippen molar-refractivity contribution in [3.63, 3.8) is 0 Å². The molecule has 2 aromatic carbocycles. The van der Waals surface area contributed by atoms with Crippen LogP contribution in [-0.4, -0.2) is 48.0 Å². The van der Waals surface area contributed by atoms with Crippen LogP contribution in [0.3, 0.4) is 0 Å². The van der Waals surface area contributed by atoms with Gasteiger partial charge in [-0.25, -0.2) is 9.78 Å². The molecule has 2 saturated heterocycles. The molecule has 2 aliphatic heterocycles. The Hall–Kier alpha value is -2.85. The van der Waals surface area contributed by atoms with E-state index in [1.165, 1.54) is 7.11 Å². The molecular weight excluding hydrogens is 583 g/mol. The Kier molecular flexibility index (Phi) is 7.09. The molecule has 2 unspecified atom stereocenters. The van der Waals surface area contributed by atoms with Crippen LogP contribution < -0.4 is 15.0 Å². The molecule has 2 atom stereocenters.